The van der Waals surface area contributed by atoms with Crippen molar-refractivity contribution in [3.8, 4) is 0 Å². The Kier molecular flexibility index (Phi) is 4.91. The van der Waals surface area contributed by atoms with Gasteiger partial charge in [-0.2, -0.15) is 0 Å². The highest BCUT2D eigenvalue weighted by atomic mass is 35.5. The zero-order valence-corrected chi connectivity index (χ0v) is 15.1. The van der Waals surface area contributed by atoms with Gasteiger partial charge in [-0.3, -0.25) is 4.79 Å². The van der Waals surface area contributed by atoms with Gasteiger partial charge in [-0.25, -0.2) is 18.4 Å². The Bertz CT molecular complexity index is 887. The number of anilines is 2. The van der Waals surface area contributed by atoms with Crippen LogP contribution in [0, 0.1) is 0 Å². The first-order chi connectivity index (χ1) is 11.9. The van der Waals surface area contributed by atoms with Crippen molar-refractivity contribution in [2.24, 2.45) is 0 Å². The van der Waals surface area contributed by atoms with E-state index in [0.717, 1.165) is 0 Å². The summed E-state index contributed by atoms with van der Waals surface area (Å²) < 4.78 is 23.1. The molecular formula is C16H17ClN4O3S. The molecule has 1 atom stereocenters. The molecule has 1 fully saturated rings. The molecule has 0 radical (unpaired) electrons. The molecule has 3 rings (SSSR count). The normalized spacial score (nSPS) is 18.7. The van der Waals surface area contributed by atoms with Crippen LogP contribution < -0.4 is 5.32 Å². The van der Waals surface area contributed by atoms with Gasteiger partial charge in [0.1, 0.15) is 11.5 Å². The average Bonchev–Trinajstić information content (AvgIpc) is 2.96. The van der Waals surface area contributed by atoms with E-state index in [0.29, 0.717) is 22.9 Å². The van der Waals surface area contributed by atoms with Crippen LogP contribution in [-0.4, -0.2) is 53.8 Å². The Morgan fingerprint density at radius 2 is 2.04 bits per heavy atom. The molecule has 0 spiro atoms. The zero-order valence-electron chi connectivity index (χ0n) is 13.5. The highest BCUT2D eigenvalue weighted by molar-refractivity contribution is 7.91. The molecule has 1 saturated heterocycles. The first kappa shape index (κ1) is 17.6. The fraction of sp³-hybridized carbons (Fsp3) is 0.312. The quantitative estimate of drug-likeness (QED) is 0.873. The molecule has 0 bridgehead atoms. The number of aromatic nitrogens is 2. The average molecular weight is 381 g/mol. The van der Waals surface area contributed by atoms with Gasteiger partial charge in [0.05, 0.1) is 34.6 Å². The van der Waals surface area contributed by atoms with Gasteiger partial charge in [-0.15, -0.1) is 0 Å². The zero-order chi connectivity index (χ0) is 18.0. The van der Waals surface area contributed by atoms with Crippen molar-refractivity contribution >= 4 is 38.9 Å². The highest BCUT2D eigenvalue weighted by Gasteiger charge is 2.33. The van der Waals surface area contributed by atoms with Gasteiger partial charge < -0.3 is 10.2 Å². The van der Waals surface area contributed by atoms with E-state index in [1.165, 1.54) is 17.3 Å². The summed E-state index contributed by atoms with van der Waals surface area (Å²) >= 11 is 6.07. The van der Waals surface area contributed by atoms with Gasteiger partial charge in [0.15, 0.2) is 9.84 Å². The fourth-order valence-corrected chi connectivity index (χ4v) is 4.59. The molecule has 1 unspecified atom stereocenters. The van der Waals surface area contributed by atoms with E-state index < -0.39 is 9.84 Å². The maximum atomic E-state index is 12.5. The van der Waals surface area contributed by atoms with Crippen LogP contribution >= 0.6 is 11.6 Å². The molecule has 1 amide bonds. The lowest BCUT2D eigenvalue weighted by Gasteiger charge is -2.22. The van der Waals surface area contributed by atoms with Crippen LogP contribution in [-0.2, 0) is 9.84 Å². The minimum absolute atomic E-state index is 0.00514. The maximum Gasteiger partial charge on any atom is 0.274 e. The summed E-state index contributed by atoms with van der Waals surface area (Å²) in [6.07, 6.45) is 3.25. The summed E-state index contributed by atoms with van der Waals surface area (Å²) in [6, 6.07) is 6.89. The molecule has 1 aromatic carbocycles. The largest absolute Gasteiger partial charge is 0.338 e. The third-order valence-electron chi connectivity index (χ3n) is 4.08. The second kappa shape index (κ2) is 6.97. The SMILES string of the molecule is CN(C(=O)c1cnc(Nc2ccccc2Cl)cn1)C1CCS(=O)(=O)C1. The number of hydrogen-bond acceptors (Lipinski definition) is 6. The number of amides is 1. The van der Waals surface area contributed by atoms with Gasteiger partial charge >= 0.3 is 0 Å². The number of nitrogens with one attached hydrogen (secondary N) is 1. The van der Waals surface area contributed by atoms with Crippen LogP contribution in [0.4, 0.5) is 11.5 Å². The summed E-state index contributed by atoms with van der Waals surface area (Å²) in [5, 5.41) is 3.57. The van der Waals surface area contributed by atoms with Crippen LogP contribution in [0.3, 0.4) is 0 Å². The van der Waals surface area contributed by atoms with Crippen molar-refractivity contribution < 1.29 is 13.2 Å². The topological polar surface area (TPSA) is 92.3 Å². The van der Waals surface area contributed by atoms with Crippen molar-refractivity contribution in [1.29, 1.82) is 0 Å². The Morgan fingerprint density at radius 3 is 2.64 bits per heavy atom. The summed E-state index contributed by atoms with van der Waals surface area (Å²) in [5.41, 5.74) is 0.849. The lowest BCUT2D eigenvalue weighted by molar-refractivity contribution is 0.0741. The Morgan fingerprint density at radius 1 is 1.28 bits per heavy atom. The van der Waals surface area contributed by atoms with Gasteiger partial charge in [0.2, 0.25) is 0 Å². The van der Waals surface area contributed by atoms with Gasteiger partial charge in [0, 0.05) is 13.1 Å². The third-order valence-corrected chi connectivity index (χ3v) is 6.16. The lowest BCUT2D eigenvalue weighted by Crippen LogP contribution is -2.38. The van der Waals surface area contributed by atoms with Gasteiger partial charge in [-0.05, 0) is 18.6 Å². The van der Waals surface area contributed by atoms with Crippen LogP contribution in [0.1, 0.15) is 16.9 Å². The minimum atomic E-state index is -3.05. The second-order valence-corrected chi connectivity index (χ2v) is 8.50. The summed E-state index contributed by atoms with van der Waals surface area (Å²) in [4.78, 5) is 22.2. The number of hydrogen-bond donors (Lipinski definition) is 1. The molecule has 25 heavy (non-hydrogen) atoms. The first-order valence-electron chi connectivity index (χ1n) is 7.67. The molecule has 9 heteroatoms. The van der Waals surface area contributed by atoms with E-state index in [-0.39, 0.29) is 29.1 Å². The van der Waals surface area contributed by atoms with E-state index in [9.17, 15) is 13.2 Å². The van der Waals surface area contributed by atoms with Crippen LogP contribution in [0.5, 0.6) is 0 Å². The minimum Gasteiger partial charge on any atom is -0.338 e. The summed E-state index contributed by atoms with van der Waals surface area (Å²) in [6.45, 7) is 0. The molecule has 2 heterocycles. The Labute approximate surface area is 151 Å². The number of halogens is 1. The van der Waals surface area contributed by atoms with Gasteiger partial charge in [-0.1, -0.05) is 23.7 Å². The molecule has 1 aromatic heterocycles. The van der Waals surface area contributed by atoms with Crippen molar-refractivity contribution in [3.05, 3.63) is 47.4 Å². The van der Waals surface area contributed by atoms with Crippen molar-refractivity contribution in [1.82, 2.24) is 14.9 Å². The number of rotatable bonds is 4. The van der Waals surface area contributed by atoms with E-state index in [1.54, 1.807) is 19.2 Å². The summed E-state index contributed by atoms with van der Waals surface area (Å²) in [7, 11) is -1.47. The molecule has 0 aliphatic carbocycles. The number of sulfone groups is 1. The van der Waals surface area contributed by atoms with E-state index >= 15 is 0 Å². The van der Waals surface area contributed by atoms with Crippen LogP contribution in [0.25, 0.3) is 0 Å². The number of benzene rings is 1. The van der Waals surface area contributed by atoms with Gasteiger partial charge in [0.25, 0.3) is 5.91 Å². The van der Waals surface area contributed by atoms with E-state index in [1.807, 2.05) is 12.1 Å². The molecule has 2 aromatic rings. The molecule has 0 saturated carbocycles. The smallest absolute Gasteiger partial charge is 0.274 e. The maximum absolute atomic E-state index is 12.5. The molecule has 1 N–H and O–H groups in total. The fourth-order valence-electron chi connectivity index (χ4n) is 2.63. The van der Waals surface area contributed by atoms with Crippen LogP contribution in [0.2, 0.25) is 5.02 Å². The molecule has 1 aliphatic rings. The summed E-state index contributed by atoms with van der Waals surface area (Å²) in [5.74, 6) is 0.214. The molecular weight excluding hydrogens is 364 g/mol. The number of carbonyl (C=O) groups is 1. The first-order valence-corrected chi connectivity index (χ1v) is 9.87. The predicted molar refractivity (Wildman–Crippen MR) is 95.9 cm³/mol. The Hall–Kier alpha value is -2.19. The molecule has 132 valence electrons. The highest BCUT2D eigenvalue weighted by Crippen LogP contribution is 2.23. The molecule has 7 nitrogen and oxygen atoms in total. The van der Waals surface area contributed by atoms with Crippen molar-refractivity contribution in [2.75, 3.05) is 23.9 Å². The van der Waals surface area contributed by atoms with Crippen molar-refractivity contribution in [3.63, 3.8) is 0 Å². The second-order valence-electron chi connectivity index (χ2n) is 5.86. The number of nitrogens with zero attached hydrogens (tertiary/aromatic N) is 3. The number of para-hydroxylation sites is 1. The third kappa shape index (κ3) is 4.08. The number of carbonyl (C=O) groups excluding carboxylic acids is 1. The van der Waals surface area contributed by atoms with Crippen LogP contribution in [0.15, 0.2) is 36.7 Å². The molecule has 1 aliphatic heterocycles. The van der Waals surface area contributed by atoms with Crippen molar-refractivity contribution in [2.45, 2.75) is 12.5 Å². The van der Waals surface area contributed by atoms with E-state index in [4.69, 9.17) is 11.6 Å². The predicted octanol–water partition coefficient (Wildman–Crippen LogP) is 2.13. The standard InChI is InChI=1S/C16H17ClN4O3S/c1-21(11-6-7-25(23,24)10-11)16(22)14-8-19-15(9-18-14)20-13-5-3-2-4-12(13)17/h2-5,8-9,11H,6-7,10H2,1H3,(H,19,20). The Balaban J connectivity index is 1.69. The monoisotopic (exact) mass is 380 g/mol. The lowest BCUT2D eigenvalue weighted by atomic mass is 10.2. The van der Waals surface area contributed by atoms with E-state index in [2.05, 4.69) is 15.3 Å².